The van der Waals surface area contributed by atoms with Gasteiger partial charge in [-0.25, -0.2) is 14.4 Å². The molecule has 2 fully saturated rings. The SMILES string of the molecule is CCCC(CCC)N(C)C(=O)Cc1ccc(OCC[C@@H]2C[C@@H]2C2CCN(c3ncc(Cl)cn3)CC2)cc1F. The number of benzene rings is 1. The number of hydrogen-bond donors (Lipinski definition) is 0. The molecule has 2 atom stereocenters. The van der Waals surface area contributed by atoms with Crippen molar-refractivity contribution in [2.75, 3.05) is 31.6 Å². The van der Waals surface area contributed by atoms with Gasteiger partial charge in [0.1, 0.15) is 11.6 Å². The largest absolute Gasteiger partial charge is 0.493 e. The Morgan fingerprint density at radius 1 is 1.18 bits per heavy atom. The van der Waals surface area contributed by atoms with Gasteiger partial charge in [0.25, 0.3) is 0 Å². The maximum atomic E-state index is 14.8. The van der Waals surface area contributed by atoms with E-state index in [1.54, 1.807) is 29.4 Å². The molecule has 1 saturated carbocycles. The number of aromatic nitrogens is 2. The molecule has 2 aromatic rings. The van der Waals surface area contributed by atoms with Gasteiger partial charge in [-0.15, -0.1) is 0 Å². The quantitative estimate of drug-likeness (QED) is 0.286. The second-order valence-electron chi connectivity index (χ2n) is 11.0. The van der Waals surface area contributed by atoms with E-state index in [1.807, 2.05) is 7.05 Å². The Morgan fingerprint density at radius 3 is 2.50 bits per heavy atom. The molecule has 0 spiro atoms. The van der Waals surface area contributed by atoms with Crippen LogP contribution in [0.2, 0.25) is 5.02 Å². The molecule has 1 aromatic carbocycles. The summed E-state index contributed by atoms with van der Waals surface area (Å²) >= 11 is 5.90. The average Bonchev–Trinajstić information content (AvgIpc) is 3.69. The van der Waals surface area contributed by atoms with Gasteiger partial charge in [0.05, 0.1) is 30.4 Å². The van der Waals surface area contributed by atoms with Gasteiger partial charge in [0.2, 0.25) is 11.9 Å². The smallest absolute Gasteiger partial charge is 0.227 e. The molecular weight excluding hydrogens is 503 g/mol. The van der Waals surface area contributed by atoms with Gasteiger partial charge >= 0.3 is 0 Å². The van der Waals surface area contributed by atoms with Gasteiger partial charge in [-0.2, -0.15) is 0 Å². The Bertz CT molecular complexity index is 1040. The van der Waals surface area contributed by atoms with E-state index in [1.165, 1.54) is 12.5 Å². The summed E-state index contributed by atoms with van der Waals surface area (Å²) in [5, 5.41) is 0.562. The number of ether oxygens (including phenoxy) is 1. The van der Waals surface area contributed by atoms with Crippen LogP contribution in [0.25, 0.3) is 0 Å². The minimum absolute atomic E-state index is 0.0317. The molecule has 8 heteroatoms. The summed E-state index contributed by atoms with van der Waals surface area (Å²) in [6, 6.07) is 5.14. The summed E-state index contributed by atoms with van der Waals surface area (Å²) in [4.78, 5) is 25.5. The highest BCUT2D eigenvalue weighted by atomic mass is 35.5. The van der Waals surface area contributed by atoms with Gasteiger partial charge in [-0.1, -0.05) is 44.4 Å². The van der Waals surface area contributed by atoms with Crippen molar-refractivity contribution in [3.63, 3.8) is 0 Å². The number of likely N-dealkylation sites (N-methyl/N-ethyl adjacent to an activating group) is 1. The van der Waals surface area contributed by atoms with E-state index in [-0.39, 0.29) is 24.2 Å². The lowest BCUT2D eigenvalue weighted by atomic mass is 9.90. The number of amides is 1. The molecule has 1 saturated heterocycles. The van der Waals surface area contributed by atoms with Crippen molar-refractivity contribution in [3.05, 3.63) is 47.0 Å². The Hall–Kier alpha value is -2.41. The van der Waals surface area contributed by atoms with E-state index in [0.717, 1.165) is 75.8 Å². The molecule has 4 rings (SSSR count). The Kier molecular flexibility index (Phi) is 10.2. The number of carbonyl (C=O) groups excluding carboxylic acids is 1. The van der Waals surface area contributed by atoms with Crippen molar-refractivity contribution < 1.29 is 13.9 Å². The van der Waals surface area contributed by atoms with Crippen LogP contribution in [0.3, 0.4) is 0 Å². The number of anilines is 1. The molecule has 6 nitrogen and oxygen atoms in total. The van der Waals surface area contributed by atoms with E-state index >= 15 is 0 Å². The molecular formula is C30H42ClFN4O2. The number of piperidine rings is 1. The van der Waals surface area contributed by atoms with E-state index in [4.69, 9.17) is 16.3 Å². The summed E-state index contributed by atoms with van der Waals surface area (Å²) in [7, 11) is 1.84. The molecule has 2 heterocycles. The molecule has 2 aliphatic rings. The lowest BCUT2D eigenvalue weighted by Gasteiger charge is -2.32. The van der Waals surface area contributed by atoms with Crippen molar-refractivity contribution >= 4 is 23.5 Å². The standard InChI is InChI=1S/C30H42ClFN4O2/c1-4-6-25(7-5-2)35(3)29(37)17-23-8-9-26(18-28(23)32)38-15-12-22-16-27(22)21-10-13-36(14-11-21)30-33-19-24(31)20-34-30/h8-9,18-22,25,27H,4-7,10-17H2,1-3H3/t22-,27-/m1/s1. The summed E-state index contributed by atoms with van der Waals surface area (Å²) in [5.41, 5.74) is 0.429. The lowest BCUT2D eigenvalue weighted by molar-refractivity contribution is -0.131. The maximum Gasteiger partial charge on any atom is 0.227 e. The fourth-order valence-corrected chi connectivity index (χ4v) is 6.05. The van der Waals surface area contributed by atoms with Gasteiger partial charge in [0, 0.05) is 32.2 Å². The van der Waals surface area contributed by atoms with Crippen LogP contribution >= 0.6 is 11.6 Å². The monoisotopic (exact) mass is 544 g/mol. The normalized spacial score (nSPS) is 19.6. The van der Waals surface area contributed by atoms with Crippen molar-refractivity contribution in [2.24, 2.45) is 17.8 Å². The third-order valence-electron chi connectivity index (χ3n) is 8.32. The topological polar surface area (TPSA) is 58.6 Å². The predicted octanol–water partition coefficient (Wildman–Crippen LogP) is 6.56. The van der Waals surface area contributed by atoms with Crippen molar-refractivity contribution in [2.45, 2.75) is 77.7 Å². The summed E-state index contributed by atoms with van der Waals surface area (Å²) in [6.45, 7) is 6.81. The Morgan fingerprint density at radius 2 is 1.87 bits per heavy atom. The van der Waals surface area contributed by atoms with Gasteiger partial charge in [0.15, 0.2) is 0 Å². The van der Waals surface area contributed by atoms with E-state index in [2.05, 4.69) is 28.7 Å². The maximum absolute atomic E-state index is 14.8. The molecule has 1 aliphatic carbocycles. The van der Waals surface area contributed by atoms with Crippen LogP contribution in [-0.2, 0) is 11.2 Å². The van der Waals surface area contributed by atoms with Crippen LogP contribution in [-0.4, -0.2) is 53.6 Å². The number of hydrogen-bond acceptors (Lipinski definition) is 5. The van der Waals surface area contributed by atoms with Crippen LogP contribution in [0.5, 0.6) is 5.75 Å². The van der Waals surface area contributed by atoms with Crippen molar-refractivity contribution in [3.8, 4) is 5.75 Å². The van der Waals surface area contributed by atoms with Gasteiger partial charge < -0.3 is 14.5 Å². The third-order valence-corrected chi connectivity index (χ3v) is 8.52. The molecule has 0 radical (unpaired) electrons. The molecule has 1 amide bonds. The van der Waals surface area contributed by atoms with Gasteiger partial charge in [-0.05, 0) is 67.9 Å². The number of rotatable bonds is 13. The van der Waals surface area contributed by atoms with Crippen LogP contribution in [0.4, 0.5) is 10.3 Å². The highest BCUT2D eigenvalue weighted by Gasteiger charge is 2.43. The molecule has 1 aliphatic heterocycles. The van der Waals surface area contributed by atoms with E-state index in [9.17, 15) is 9.18 Å². The van der Waals surface area contributed by atoms with Crippen LogP contribution in [0.15, 0.2) is 30.6 Å². The summed E-state index contributed by atoms with van der Waals surface area (Å²) in [5.74, 6) is 3.09. The zero-order valence-electron chi connectivity index (χ0n) is 23.0. The van der Waals surface area contributed by atoms with Crippen LogP contribution in [0, 0.1) is 23.6 Å². The zero-order chi connectivity index (χ0) is 27.1. The zero-order valence-corrected chi connectivity index (χ0v) is 23.8. The first kappa shape index (κ1) is 28.6. The fourth-order valence-electron chi connectivity index (χ4n) is 5.96. The minimum Gasteiger partial charge on any atom is -0.493 e. The van der Waals surface area contributed by atoms with Crippen LogP contribution < -0.4 is 9.64 Å². The number of nitrogens with zero attached hydrogens (tertiary/aromatic N) is 4. The van der Waals surface area contributed by atoms with Crippen molar-refractivity contribution in [1.82, 2.24) is 14.9 Å². The summed E-state index contributed by atoms with van der Waals surface area (Å²) in [6.07, 6.45) is 12.0. The molecule has 208 valence electrons. The minimum atomic E-state index is -0.368. The molecule has 38 heavy (non-hydrogen) atoms. The Labute approximate surface area is 231 Å². The molecule has 1 aromatic heterocycles. The second kappa shape index (κ2) is 13.6. The van der Waals surface area contributed by atoms with Crippen molar-refractivity contribution in [1.29, 1.82) is 0 Å². The Balaban J connectivity index is 1.17. The fraction of sp³-hybridized carbons (Fsp3) is 0.633. The number of carbonyl (C=O) groups is 1. The first-order chi connectivity index (χ1) is 18.4. The lowest BCUT2D eigenvalue weighted by Crippen LogP contribution is -2.38. The number of halogens is 2. The predicted molar refractivity (Wildman–Crippen MR) is 150 cm³/mol. The molecule has 0 bridgehead atoms. The summed E-state index contributed by atoms with van der Waals surface area (Å²) < 4.78 is 20.7. The average molecular weight is 545 g/mol. The highest BCUT2D eigenvalue weighted by molar-refractivity contribution is 6.30. The second-order valence-corrected chi connectivity index (χ2v) is 11.4. The molecule has 0 N–H and O–H groups in total. The first-order valence-electron chi connectivity index (χ1n) is 14.3. The van der Waals surface area contributed by atoms with Gasteiger partial charge in [-0.3, -0.25) is 4.79 Å². The van der Waals surface area contributed by atoms with E-state index < -0.39 is 0 Å². The first-order valence-corrected chi connectivity index (χ1v) is 14.7. The van der Waals surface area contributed by atoms with E-state index in [0.29, 0.717) is 28.9 Å². The molecule has 0 unspecified atom stereocenters. The third kappa shape index (κ3) is 7.58. The highest BCUT2D eigenvalue weighted by Crippen LogP contribution is 2.49. The van der Waals surface area contributed by atoms with Crippen LogP contribution in [0.1, 0.15) is 70.8 Å².